The molecule has 0 fully saturated rings. The van der Waals surface area contributed by atoms with Crippen molar-refractivity contribution in [3.63, 3.8) is 0 Å². The average Bonchev–Trinajstić information content (AvgIpc) is 2.53. The minimum Gasteiger partial charge on any atom is -0.372 e. The van der Waals surface area contributed by atoms with Crippen molar-refractivity contribution in [1.82, 2.24) is 0 Å². The first-order chi connectivity index (χ1) is 8.33. The van der Waals surface area contributed by atoms with Crippen LogP contribution in [-0.4, -0.2) is 24.3 Å². The Bertz CT molecular complexity index is 585. The third-order valence-electron chi connectivity index (χ3n) is 3.01. The van der Waals surface area contributed by atoms with E-state index in [1.165, 1.54) is 11.9 Å². The van der Waals surface area contributed by atoms with E-state index in [0.717, 1.165) is 4.47 Å². The summed E-state index contributed by atoms with van der Waals surface area (Å²) < 4.78 is 1.43. The molecule has 0 saturated carbocycles. The normalized spacial score (nSPS) is 22.0. The Labute approximate surface area is 121 Å². The lowest BCUT2D eigenvalue weighted by Crippen LogP contribution is -2.40. The number of aliphatic hydroxyl groups is 1. The van der Waals surface area contributed by atoms with Crippen LogP contribution in [0.4, 0.5) is 5.69 Å². The Morgan fingerprint density at radius 3 is 2.56 bits per heavy atom. The smallest absolute Gasteiger partial charge is 0.268 e. The average molecular weight is 375 g/mol. The van der Waals surface area contributed by atoms with Crippen LogP contribution in [0, 0.1) is 0 Å². The zero-order chi connectivity index (χ0) is 13.7. The second-order valence-electron chi connectivity index (χ2n) is 4.00. The van der Waals surface area contributed by atoms with Crippen LogP contribution in [0.3, 0.4) is 0 Å². The summed E-state index contributed by atoms with van der Waals surface area (Å²) in [6.45, 7) is 3.47. The maximum atomic E-state index is 12.1. The fraction of sp³-hybridized carbons (Fsp3) is 0.167. The van der Waals surface area contributed by atoms with Gasteiger partial charge >= 0.3 is 0 Å². The molecule has 1 heterocycles. The van der Waals surface area contributed by atoms with Crippen LogP contribution in [0.2, 0.25) is 0 Å². The number of benzene rings is 1. The first-order valence-corrected chi connectivity index (χ1v) is 6.57. The molecule has 1 aromatic carbocycles. The fourth-order valence-electron chi connectivity index (χ4n) is 1.97. The Balaban J connectivity index is 2.76. The van der Waals surface area contributed by atoms with E-state index >= 15 is 0 Å². The maximum Gasteiger partial charge on any atom is 0.268 e. The highest BCUT2D eigenvalue weighted by Crippen LogP contribution is 2.45. The molecule has 1 aromatic rings. The molecule has 1 aliphatic heterocycles. The lowest BCUT2D eigenvalue weighted by Gasteiger charge is -2.21. The van der Waals surface area contributed by atoms with Crippen LogP contribution in [0.15, 0.2) is 33.2 Å². The highest BCUT2D eigenvalue weighted by Gasteiger charge is 2.50. The molecule has 1 amide bonds. The molecule has 94 valence electrons. The SMILES string of the molecule is C=C(C=O)[C@@]1(O)C(=O)N(C)c2cc(Br)c(Br)cc21. The summed E-state index contributed by atoms with van der Waals surface area (Å²) in [5, 5.41) is 10.5. The Kier molecular flexibility index (Phi) is 3.21. The largest absolute Gasteiger partial charge is 0.372 e. The highest BCUT2D eigenvalue weighted by molar-refractivity contribution is 9.13. The molecule has 0 aromatic heterocycles. The van der Waals surface area contributed by atoms with Gasteiger partial charge in [0, 0.05) is 27.1 Å². The van der Waals surface area contributed by atoms with Crippen LogP contribution < -0.4 is 4.90 Å². The van der Waals surface area contributed by atoms with Gasteiger partial charge in [0.15, 0.2) is 5.60 Å². The van der Waals surface area contributed by atoms with Gasteiger partial charge in [-0.05, 0) is 44.0 Å². The van der Waals surface area contributed by atoms with E-state index in [4.69, 9.17) is 0 Å². The van der Waals surface area contributed by atoms with Gasteiger partial charge in [-0.25, -0.2) is 0 Å². The van der Waals surface area contributed by atoms with Gasteiger partial charge in [-0.3, -0.25) is 9.59 Å². The van der Waals surface area contributed by atoms with Crippen molar-refractivity contribution in [3.8, 4) is 0 Å². The van der Waals surface area contributed by atoms with Crippen molar-refractivity contribution in [2.24, 2.45) is 0 Å². The molecule has 2 rings (SSSR count). The number of carbonyl (C=O) groups is 2. The van der Waals surface area contributed by atoms with Crippen molar-refractivity contribution in [1.29, 1.82) is 0 Å². The number of anilines is 1. The van der Waals surface area contributed by atoms with E-state index in [2.05, 4.69) is 38.4 Å². The van der Waals surface area contributed by atoms with E-state index in [0.29, 0.717) is 22.0 Å². The summed E-state index contributed by atoms with van der Waals surface area (Å²) >= 11 is 6.64. The number of halogens is 2. The molecule has 0 aliphatic carbocycles. The molecular formula is C12H9Br2NO3. The van der Waals surface area contributed by atoms with Crippen molar-refractivity contribution in [2.75, 3.05) is 11.9 Å². The summed E-state index contributed by atoms with van der Waals surface area (Å²) in [6, 6.07) is 3.31. The van der Waals surface area contributed by atoms with Crippen molar-refractivity contribution in [2.45, 2.75) is 5.60 Å². The molecule has 1 N–H and O–H groups in total. The topological polar surface area (TPSA) is 57.6 Å². The zero-order valence-electron chi connectivity index (χ0n) is 9.41. The number of nitrogens with zero attached hydrogens (tertiary/aromatic N) is 1. The minimum atomic E-state index is -1.98. The molecule has 0 saturated heterocycles. The van der Waals surface area contributed by atoms with Crippen molar-refractivity contribution < 1.29 is 14.7 Å². The quantitative estimate of drug-likeness (QED) is 0.637. The van der Waals surface area contributed by atoms with Gasteiger partial charge in [-0.15, -0.1) is 0 Å². The Hall–Kier alpha value is -0.980. The number of carbonyl (C=O) groups excluding carboxylic acids is 2. The molecular weight excluding hydrogens is 366 g/mol. The molecule has 18 heavy (non-hydrogen) atoms. The van der Waals surface area contributed by atoms with Crippen LogP contribution in [0.25, 0.3) is 0 Å². The molecule has 0 radical (unpaired) electrons. The molecule has 1 atom stereocenters. The number of amides is 1. The van der Waals surface area contributed by atoms with E-state index in [-0.39, 0.29) is 5.57 Å². The molecule has 0 bridgehead atoms. The Morgan fingerprint density at radius 2 is 2.00 bits per heavy atom. The third-order valence-corrected chi connectivity index (χ3v) is 4.86. The van der Waals surface area contributed by atoms with Gasteiger partial charge in [0.05, 0.1) is 5.69 Å². The van der Waals surface area contributed by atoms with Crippen molar-refractivity contribution >= 4 is 49.7 Å². The number of likely N-dealkylation sites (N-methyl/N-ethyl adjacent to an activating group) is 1. The van der Waals surface area contributed by atoms with Gasteiger partial charge in [0.25, 0.3) is 5.91 Å². The predicted octanol–water partition coefficient (Wildman–Crippen LogP) is 2.13. The number of hydrogen-bond donors (Lipinski definition) is 1. The lowest BCUT2D eigenvalue weighted by atomic mass is 9.89. The number of aldehydes is 1. The number of rotatable bonds is 2. The van der Waals surface area contributed by atoms with Gasteiger partial charge in [-0.1, -0.05) is 6.58 Å². The highest BCUT2D eigenvalue weighted by atomic mass is 79.9. The molecule has 6 heteroatoms. The molecule has 1 aliphatic rings. The number of fused-ring (bicyclic) bond motifs is 1. The Morgan fingerprint density at radius 1 is 1.44 bits per heavy atom. The monoisotopic (exact) mass is 373 g/mol. The summed E-state index contributed by atoms with van der Waals surface area (Å²) in [7, 11) is 1.54. The lowest BCUT2D eigenvalue weighted by molar-refractivity contribution is -0.133. The summed E-state index contributed by atoms with van der Waals surface area (Å²) in [5.74, 6) is -0.584. The van der Waals surface area contributed by atoms with Gasteiger partial charge in [-0.2, -0.15) is 0 Å². The maximum absolute atomic E-state index is 12.1. The van der Waals surface area contributed by atoms with E-state index < -0.39 is 11.5 Å². The van der Waals surface area contributed by atoms with E-state index in [1.54, 1.807) is 12.1 Å². The summed E-state index contributed by atoms with van der Waals surface area (Å²) in [6.07, 6.45) is 0.400. The van der Waals surface area contributed by atoms with Crippen LogP contribution in [0.1, 0.15) is 5.56 Å². The minimum absolute atomic E-state index is 0.174. The van der Waals surface area contributed by atoms with Gasteiger partial charge < -0.3 is 10.0 Å². The predicted molar refractivity (Wildman–Crippen MR) is 74.4 cm³/mol. The first-order valence-electron chi connectivity index (χ1n) is 4.98. The summed E-state index contributed by atoms with van der Waals surface area (Å²) in [5.41, 5.74) is -1.26. The second-order valence-corrected chi connectivity index (χ2v) is 5.71. The first kappa shape index (κ1) is 13.5. The molecule has 4 nitrogen and oxygen atoms in total. The van der Waals surface area contributed by atoms with Crippen LogP contribution in [-0.2, 0) is 15.2 Å². The standard InChI is InChI=1S/C12H9Br2NO3/c1-6(5-16)12(18)7-3-8(13)9(14)4-10(7)15(2)11(12)17/h3-5,18H,1H2,2H3/t12-/m0/s1. The van der Waals surface area contributed by atoms with Gasteiger partial charge in [0.2, 0.25) is 0 Å². The van der Waals surface area contributed by atoms with Crippen LogP contribution >= 0.6 is 31.9 Å². The van der Waals surface area contributed by atoms with E-state index in [1.807, 2.05) is 0 Å². The zero-order valence-corrected chi connectivity index (χ0v) is 12.6. The van der Waals surface area contributed by atoms with Crippen LogP contribution in [0.5, 0.6) is 0 Å². The summed E-state index contributed by atoms with van der Waals surface area (Å²) in [4.78, 5) is 24.3. The fourth-order valence-corrected chi connectivity index (χ4v) is 2.64. The molecule has 0 spiro atoms. The second kappa shape index (κ2) is 4.29. The number of hydrogen-bond acceptors (Lipinski definition) is 3. The third kappa shape index (κ3) is 1.60. The van der Waals surface area contributed by atoms with Gasteiger partial charge in [0.1, 0.15) is 6.29 Å². The van der Waals surface area contributed by atoms with E-state index in [9.17, 15) is 14.7 Å². The van der Waals surface area contributed by atoms with Crippen molar-refractivity contribution in [3.05, 3.63) is 38.8 Å². The molecule has 0 unspecified atom stereocenters.